The van der Waals surface area contributed by atoms with Gasteiger partial charge in [0.25, 0.3) is 0 Å². The van der Waals surface area contributed by atoms with Crippen LogP contribution in [0.25, 0.3) is 10.8 Å². The predicted molar refractivity (Wildman–Crippen MR) is 111 cm³/mol. The van der Waals surface area contributed by atoms with Gasteiger partial charge in [0.1, 0.15) is 0 Å². The molecule has 0 aliphatic carbocycles. The molecule has 0 saturated heterocycles. The maximum atomic E-state index is 11.5. The van der Waals surface area contributed by atoms with Gasteiger partial charge in [0, 0.05) is 0 Å². The van der Waals surface area contributed by atoms with Gasteiger partial charge in [0.15, 0.2) is 8.32 Å². The molecule has 2 rings (SSSR count). The largest absolute Gasteiger partial charge is 0.469 e. The van der Waals surface area contributed by atoms with Gasteiger partial charge in [-0.3, -0.25) is 4.79 Å². The quantitative estimate of drug-likeness (QED) is 0.459. The average molecular weight is 373 g/mol. The third-order valence-electron chi connectivity index (χ3n) is 5.60. The second-order valence-electron chi connectivity index (χ2n) is 8.67. The summed E-state index contributed by atoms with van der Waals surface area (Å²) in [5.74, 6) is -0.0239. The molecular weight excluding hydrogens is 340 g/mol. The van der Waals surface area contributed by atoms with E-state index in [9.17, 15) is 4.79 Å². The highest BCUT2D eigenvalue weighted by Crippen LogP contribution is 2.37. The Morgan fingerprint density at radius 3 is 2.31 bits per heavy atom. The summed E-state index contributed by atoms with van der Waals surface area (Å²) in [6.07, 6.45) is 0.403. The van der Waals surface area contributed by atoms with Crippen LogP contribution in [-0.4, -0.2) is 21.4 Å². The second-order valence-corrected chi connectivity index (χ2v) is 13.5. The summed E-state index contributed by atoms with van der Waals surface area (Å²) in [6, 6.07) is 12.9. The number of benzene rings is 2. The van der Waals surface area contributed by atoms with Crippen molar-refractivity contribution >= 4 is 25.1 Å². The van der Waals surface area contributed by atoms with Crippen molar-refractivity contribution < 1.29 is 14.0 Å². The highest BCUT2D eigenvalue weighted by Gasteiger charge is 2.36. The third-order valence-corrected chi connectivity index (χ3v) is 10.1. The molecule has 4 heteroatoms. The van der Waals surface area contributed by atoms with Gasteiger partial charge in [-0.2, -0.15) is 0 Å². The fraction of sp³-hybridized carbons (Fsp3) is 0.500. The molecule has 0 fully saturated rings. The normalized spacial score (nSPS) is 13.7. The van der Waals surface area contributed by atoms with Crippen LogP contribution in [0.15, 0.2) is 36.4 Å². The van der Waals surface area contributed by atoms with E-state index in [4.69, 9.17) is 9.16 Å². The van der Waals surface area contributed by atoms with Crippen molar-refractivity contribution in [1.82, 2.24) is 0 Å². The van der Waals surface area contributed by atoms with Crippen molar-refractivity contribution in [3.63, 3.8) is 0 Å². The standard InChI is InChI=1S/C22H32O3Si/c1-16(12-21(23)24-5)18-10-11-19-13-17(8-9-20(19)14-18)15-25-26(6,7)22(2,3)4/h8-11,13-14,16H,12,15H2,1-7H3. The first kappa shape index (κ1) is 20.7. The molecule has 0 radical (unpaired) electrons. The lowest BCUT2D eigenvalue weighted by Crippen LogP contribution is -2.40. The molecule has 0 spiro atoms. The minimum atomic E-state index is -1.74. The maximum Gasteiger partial charge on any atom is 0.306 e. The van der Waals surface area contributed by atoms with Crippen molar-refractivity contribution in [2.75, 3.05) is 7.11 Å². The molecule has 2 aromatic rings. The van der Waals surface area contributed by atoms with Crippen LogP contribution in [0.3, 0.4) is 0 Å². The molecule has 0 amide bonds. The fourth-order valence-electron chi connectivity index (χ4n) is 2.64. The summed E-state index contributed by atoms with van der Waals surface area (Å²) in [5.41, 5.74) is 2.37. The van der Waals surface area contributed by atoms with Crippen LogP contribution in [0.4, 0.5) is 0 Å². The zero-order valence-corrected chi connectivity index (χ0v) is 18.2. The van der Waals surface area contributed by atoms with Gasteiger partial charge in [-0.15, -0.1) is 0 Å². The van der Waals surface area contributed by atoms with Crippen molar-refractivity contribution in [3.8, 4) is 0 Å². The summed E-state index contributed by atoms with van der Waals surface area (Å²) in [7, 11) is -0.309. The molecule has 0 aliphatic heterocycles. The van der Waals surface area contributed by atoms with Crippen LogP contribution < -0.4 is 0 Å². The minimum Gasteiger partial charge on any atom is -0.469 e. The lowest BCUT2D eigenvalue weighted by Gasteiger charge is -2.36. The lowest BCUT2D eigenvalue weighted by atomic mass is 9.95. The van der Waals surface area contributed by atoms with Crippen LogP contribution in [-0.2, 0) is 20.6 Å². The fourth-order valence-corrected chi connectivity index (χ4v) is 3.60. The van der Waals surface area contributed by atoms with Crippen molar-refractivity contribution in [3.05, 3.63) is 47.5 Å². The molecule has 0 saturated carbocycles. The Morgan fingerprint density at radius 2 is 1.69 bits per heavy atom. The second kappa shape index (κ2) is 7.93. The molecule has 0 aliphatic rings. The van der Waals surface area contributed by atoms with E-state index in [2.05, 4.69) is 77.2 Å². The van der Waals surface area contributed by atoms with Crippen LogP contribution in [0.1, 0.15) is 51.2 Å². The Hall–Kier alpha value is -1.65. The van der Waals surface area contributed by atoms with Gasteiger partial charge in [0.2, 0.25) is 0 Å². The number of carbonyl (C=O) groups excluding carboxylic acids is 1. The summed E-state index contributed by atoms with van der Waals surface area (Å²) in [5, 5.41) is 2.61. The van der Waals surface area contributed by atoms with E-state index >= 15 is 0 Å². The molecule has 0 N–H and O–H groups in total. The summed E-state index contributed by atoms with van der Waals surface area (Å²) in [4.78, 5) is 11.5. The molecule has 3 nitrogen and oxygen atoms in total. The molecular formula is C22H32O3Si. The Bertz CT molecular complexity index is 775. The summed E-state index contributed by atoms with van der Waals surface area (Å²) >= 11 is 0. The number of ether oxygens (including phenoxy) is 1. The first-order chi connectivity index (χ1) is 12.0. The molecule has 0 heterocycles. The van der Waals surface area contributed by atoms with E-state index in [-0.39, 0.29) is 16.9 Å². The zero-order chi connectivity index (χ0) is 19.5. The predicted octanol–water partition coefficient (Wildman–Crippen LogP) is 6.03. The number of rotatable bonds is 6. The smallest absolute Gasteiger partial charge is 0.306 e. The summed E-state index contributed by atoms with van der Waals surface area (Å²) in [6.45, 7) is 14.1. The molecule has 26 heavy (non-hydrogen) atoms. The van der Waals surface area contributed by atoms with Gasteiger partial charge < -0.3 is 9.16 Å². The van der Waals surface area contributed by atoms with Gasteiger partial charge >= 0.3 is 5.97 Å². The van der Waals surface area contributed by atoms with Gasteiger partial charge in [0.05, 0.1) is 20.1 Å². The SMILES string of the molecule is COC(=O)CC(C)c1ccc2cc(CO[Si](C)(C)C(C)(C)C)ccc2c1. The monoisotopic (exact) mass is 372 g/mol. The van der Waals surface area contributed by atoms with Crippen LogP contribution >= 0.6 is 0 Å². The van der Waals surface area contributed by atoms with Crippen molar-refractivity contribution in [2.45, 2.75) is 64.8 Å². The van der Waals surface area contributed by atoms with E-state index in [1.54, 1.807) is 0 Å². The van der Waals surface area contributed by atoms with Crippen LogP contribution in [0, 0.1) is 0 Å². The zero-order valence-electron chi connectivity index (χ0n) is 17.2. The Balaban J connectivity index is 2.15. The number of hydrogen-bond donors (Lipinski definition) is 0. The molecule has 1 atom stereocenters. The molecule has 0 aromatic heterocycles. The number of carbonyl (C=O) groups is 1. The van der Waals surface area contributed by atoms with E-state index in [1.807, 2.05) is 0 Å². The van der Waals surface area contributed by atoms with Crippen LogP contribution in [0.5, 0.6) is 0 Å². The number of esters is 1. The highest BCUT2D eigenvalue weighted by atomic mass is 28.4. The molecule has 2 aromatic carbocycles. The Kier molecular flexibility index (Phi) is 6.30. The van der Waals surface area contributed by atoms with E-state index < -0.39 is 8.32 Å². The summed E-state index contributed by atoms with van der Waals surface area (Å²) < 4.78 is 11.1. The Morgan fingerprint density at radius 1 is 1.08 bits per heavy atom. The lowest BCUT2D eigenvalue weighted by molar-refractivity contribution is -0.140. The highest BCUT2D eigenvalue weighted by molar-refractivity contribution is 6.74. The topological polar surface area (TPSA) is 35.5 Å². The molecule has 0 bridgehead atoms. The number of methoxy groups -OCH3 is 1. The van der Waals surface area contributed by atoms with Crippen molar-refractivity contribution in [1.29, 1.82) is 0 Å². The van der Waals surface area contributed by atoms with Gasteiger partial charge in [-0.05, 0) is 52.0 Å². The Labute approximate surface area is 158 Å². The molecule has 1 unspecified atom stereocenters. The van der Waals surface area contributed by atoms with Crippen molar-refractivity contribution in [2.24, 2.45) is 0 Å². The van der Waals surface area contributed by atoms with E-state index in [0.717, 1.165) is 5.56 Å². The first-order valence-corrected chi connectivity index (χ1v) is 12.2. The van der Waals surface area contributed by atoms with Gasteiger partial charge in [-0.25, -0.2) is 0 Å². The maximum absolute atomic E-state index is 11.5. The molecule has 142 valence electrons. The first-order valence-electron chi connectivity index (χ1n) is 9.27. The third kappa shape index (κ3) is 4.95. The number of fused-ring (bicyclic) bond motifs is 1. The van der Waals surface area contributed by atoms with E-state index in [0.29, 0.717) is 13.0 Å². The van der Waals surface area contributed by atoms with Crippen LogP contribution in [0.2, 0.25) is 18.1 Å². The minimum absolute atomic E-state index is 0.147. The van der Waals surface area contributed by atoms with Gasteiger partial charge in [-0.1, -0.05) is 58.0 Å². The average Bonchev–Trinajstić information content (AvgIpc) is 2.58. The number of hydrogen-bond acceptors (Lipinski definition) is 3. The van der Waals surface area contributed by atoms with E-state index in [1.165, 1.54) is 23.4 Å².